The van der Waals surface area contributed by atoms with Crippen LogP contribution >= 0.6 is 11.8 Å². The minimum absolute atomic E-state index is 0.169. The standard InChI is InChI=1S/C17H18N2O3S/c1-21-15-10-6-7-13(17(15)22-2)11-18-19-16(20)12-23-14-8-4-3-5-9-14/h3-11H,12H2,1-2H3,(H,19,20)/b18-11+. The monoisotopic (exact) mass is 330 g/mol. The summed E-state index contributed by atoms with van der Waals surface area (Å²) in [5, 5.41) is 3.96. The lowest BCUT2D eigenvalue weighted by Crippen LogP contribution is -2.19. The van der Waals surface area contributed by atoms with Gasteiger partial charge in [-0.25, -0.2) is 5.43 Å². The molecule has 0 unspecified atom stereocenters. The van der Waals surface area contributed by atoms with Crippen LogP contribution in [0.25, 0.3) is 0 Å². The summed E-state index contributed by atoms with van der Waals surface area (Å²) in [4.78, 5) is 12.8. The number of amides is 1. The van der Waals surface area contributed by atoms with Gasteiger partial charge in [0.25, 0.3) is 0 Å². The van der Waals surface area contributed by atoms with Crippen molar-refractivity contribution >= 4 is 23.9 Å². The van der Waals surface area contributed by atoms with Crippen LogP contribution in [-0.4, -0.2) is 32.1 Å². The van der Waals surface area contributed by atoms with E-state index in [1.807, 2.05) is 42.5 Å². The molecule has 120 valence electrons. The first-order valence-electron chi connectivity index (χ1n) is 6.95. The maximum atomic E-state index is 11.8. The number of hydrogen-bond donors (Lipinski definition) is 1. The number of hydrazone groups is 1. The maximum absolute atomic E-state index is 11.8. The second kappa shape index (κ2) is 8.85. The van der Waals surface area contributed by atoms with E-state index in [1.165, 1.54) is 18.0 Å². The molecule has 0 saturated carbocycles. The van der Waals surface area contributed by atoms with Crippen molar-refractivity contribution in [3.8, 4) is 11.5 Å². The highest BCUT2D eigenvalue weighted by molar-refractivity contribution is 8.00. The van der Waals surface area contributed by atoms with Gasteiger partial charge in [-0.2, -0.15) is 5.10 Å². The average molecular weight is 330 g/mol. The Labute approximate surface area is 139 Å². The molecule has 5 nitrogen and oxygen atoms in total. The van der Waals surface area contributed by atoms with Gasteiger partial charge in [-0.1, -0.05) is 24.3 Å². The maximum Gasteiger partial charge on any atom is 0.250 e. The van der Waals surface area contributed by atoms with E-state index in [1.54, 1.807) is 20.3 Å². The van der Waals surface area contributed by atoms with Crippen molar-refractivity contribution in [2.45, 2.75) is 4.90 Å². The lowest BCUT2D eigenvalue weighted by molar-refractivity contribution is -0.118. The molecule has 0 saturated heterocycles. The van der Waals surface area contributed by atoms with E-state index in [2.05, 4.69) is 10.5 Å². The number of methoxy groups -OCH3 is 2. The third kappa shape index (κ3) is 5.03. The topological polar surface area (TPSA) is 59.9 Å². The van der Waals surface area contributed by atoms with Crippen LogP contribution < -0.4 is 14.9 Å². The Morgan fingerprint density at radius 2 is 1.91 bits per heavy atom. The number of carbonyl (C=O) groups is 1. The highest BCUT2D eigenvalue weighted by atomic mass is 32.2. The van der Waals surface area contributed by atoms with E-state index in [9.17, 15) is 4.79 Å². The quantitative estimate of drug-likeness (QED) is 0.482. The Balaban J connectivity index is 1.90. The molecular weight excluding hydrogens is 312 g/mol. The molecule has 0 aliphatic heterocycles. The van der Waals surface area contributed by atoms with E-state index >= 15 is 0 Å². The van der Waals surface area contributed by atoms with Crippen LogP contribution in [0.5, 0.6) is 11.5 Å². The van der Waals surface area contributed by atoms with Crippen LogP contribution in [0.2, 0.25) is 0 Å². The van der Waals surface area contributed by atoms with Crippen LogP contribution in [0.1, 0.15) is 5.56 Å². The van der Waals surface area contributed by atoms with Crippen LogP contribution in [0.3, 0.4) is 0 Å². The molecule has 0 aromatic heterocycles. The highest BCUT2D eigenvalue weighted by Gasteiger charge is 2.07. The fraction of sp³-hybridized carbons (Fsp3) is 0.176. The van der Waals surface area contributed by atoms with Crippen LogP contribution in [0.4, 0.5) is 0 Å². The molecule has 2 aromatic rings. The van der Waals surface area contributed by atoms with Gasteiger partial charge in [0.15, 0.2) is 11.5 Å². The Bertz CT molecular complexity index is 675. The van der Waals surface area contributed by atoms with Gasteiger partial charge in [0.2, 0.25) is 5.91 Å². The van der Waals surface area contributed by atoms with E-state index < -0.39 is 0 Å². The van der Waals surface area contributed by atoms with Gasteiger partial charge in [0, 0.05) is 10.5 Å². The third-order valence-electron chi connectivity index (χ3n) is 2.94. The van der Waals surface area contributed by atoms with Crippen LogP contribution in [-0.2, 0) is 4.79 Å². The van der Waals surface area contributed by atoms with Gasteiger partial charge in [-0.15, -0.1) is 11.8 Å². The number of carbonyl (C=O) groups excluding carboxylic acids is 1. The number of ether oxygens (including phenoxy) is 2. The number of benzene rings is 2. The number of nitrogens with one attached hydrogen (secondary N) is 1. The van der Waals surface area contributed by atoms with Crippen molar-refractivity contribution in [2.75, 3.05) is 20.0 Å². The lowest BCUT2D eigenvalue weighted by Gasteiger charge is -2.09. The second-order valence-electron chi connectivity index (χ2n) is 4.48. The molecule has 1 N–H and O–H groups in total. The molecule has 0 atom stereocenters. The molecule has 0 bridgehead atoms. The normalized spacial score (nSPS) is 10.5. The summed E-state index contributed by atoms with van der Waals surface area (Å²) in [7, 11) is 3.13. The molecule has 0 fully saturated rings. The minimum atomic E-state index is -0.169. The fourth-order valence-corrected chi connectivity index (χ4v) is 2.60. The van der Waals surface area contributed by atoms with Gasteiger partial charge in [0.1, 0.15) is 0 Å². The Morgan fingerprint density at radius 1 is 1.13 bits per heavy atom. The Kier molecular flexibility index (Phi) is 6.50. The number of thioether (sulfide) groups is 1. The SMILES string of the molecule is COc1cccc(/C=N/NC(=O)CSc2ccccc2)c1OC. The zero-order valence-corrected chi connectivity index (χ0v) is 13.8. The average Bonchev–Trinajstić information content (AvgIpc) is 2.60. The molecule has 2 aromatic carbocycles. The van der Waals surface area contributed by atoms with E-state index in [0.29, 0.717) is 17.3 Å². The first-order chi connectivity index (χ1) is 11.2. The fourth-order valence-electron chi connectivity index (χ4n) is 1.89. The van der Waals surface area contributed by atoms with E-state index in [0.717, 1.165) is 10.5 Å². The second-order valence-corrected chi connectivity index (χ2v) is 5.53. The molecule has 23 heavy (non-hydrogen) atoms. The summed E-state index contributed by atoms with van der Waals surface area (Å²) < 4.78 is 10.5. The number of hydrogen-bond acceptors (Lipinski definition) is 5. The molecule has 0 spiro atoms. The van der Waals surface area contributed by atoms with Crippen LogP contribution in [0, 0.1) is 0 Å². The molecule has 0 heterocycles. The summed E-state index contributed by atoms with van der Waals surface area (Å²) in [6.07, 6.45) is 1.53. The van der Waals surface area contributed by atoms with Crippen LogP contribution in [0.15, 0.2) is 58.5 Å². The molecule has 0 radical (unpaired) electrons. The zero-order valence-electron chi connectivity index (χ0n) is 13.0. The summed E-state index contributed by atoms with van der Waals surface area (Å²) in [6, 6.07) is 15.2. The van der Waals surface area contributed by atoms with E-state index in [-0.39, 0.29) is 5.91 Å². The largest absolute Gasteiger partial charge is 0.493 e. The van der Waals surface area contributed by atoms with Crippen molar-refractivity contribution in [3.63, 3.8) is 0 Å². The lowest BCUT2D eigenvalue weighted by atomic mass is 10.2. The summed E-state index contributed by atoms with van der Waals surface area (Å²) >= 11 is 1.46. The predicted molar refractivity (Wildman–Crippen MR) is 92.4 cm³/mol. The van der Waals surface area contributed by atoms with Gasteiger partial charge < -0.3 is 9.47 Å². The number of para-hydroxylation sites is 1. The van der Waals surface area contributed by atoms with Gasteiger partial charge in [-0.3, -0.25) is 4.79 Å². The summed E-state index contributed by atoms with van der Waals surface area (Å²) in [6.45, 7) is 0. The van der Waals surface area contributed by atoms with Crippen molar-refractivity contribution < 1.29 is 14.3 Å². The van der Waals surface area contributed by atoms with Gasteiger partial charge in [0.05, 0.1) is 26.2 Å². The Hall–Kier alpha value is -2.47. The van der Waals surface area contributed by atoms with Crippen molar-refractivity contribution in [2.24, 2.45) is 5.10 Å². The highest BCUT2D eigenvalue weighted by Crippen LogP contribution is 2.29. The molecule has 6 heteroatoms. The van der Waals surface area contributed by atoms with Crippen molar-refractivity contribution in [3.05, 3.63) is 54.1 Å². The summed E-state index contributed by atoms with van der Waals surface area (Å²) in [5.41, 5.74) is 3.23. The molecular formula is C17H18N2O3S. The molecule has 2 rings (SSSR count). The first kappa shape index (κ1) is 16.9. The third-order valence-corrected chi connectivity index (χ3v) is 3.95. The van der Waals surface area contributed by atoms with E-state index in [4.69, 9.17) is 9.47 Å². The summed E-state index contributed by atoms with van der Waals surface area (Å²) in [5.74, 6) is 1.32. The number of nitrogens with zero attached hydrogens (tertiary/aromatic N) is 1. The predicted octanol–water partition coefficient (Wildman–Crippen LogP) is 2.95. The molecule has 0 aliphatic carbocycles. The molecule has 1 amide bonds. The minimum Gasteiger partial charge on any atom is -0.493 e. The van der Waals surface area contributed by atoms with Gasteiger partial charge >= 0.3 is 0 Å². The smallest absolute Gasteiger partial charge is 0.250 e. The van der Waals surface area contributed by atoms with Crippen molar-refractivity contribution in [1.29, 1.82) is 0 Å². The first-order valence-corrected chi connectivity index (χ1v) is 7.94. The molecule has 0 aliphatic rings. The number of rotatable bonds is 7. The van der Waals surface area contributed by atoms with Crippen molar-refractivity contribution in [1.82, 2.24) is 5.43 Å². The Morgan fingerprint density at radius 3 is 2.61 bits per heavy atom. The zero-order chi connectivity index (χ0) is 16.5. The van der Waals surface area contributed by atoms with Gasteiger partial charge in [-0.05, 0) is 24.3 Å².